The SMILES string of the molecule is Cc1cc(C(O)Cc2cc(F)ccc2Br)nn1C. The number of aliphatic hydroxyl groups excluding tert-OH is 1. The van der Waals surface area contributed by atoms with Gasteiger partial charge in [0, 0.05) is 23.6 Å². The van der Waals surface area contributed by atoms with E-state index in [0.29, 0.717) is 12.1 Å². The topological polar surface area (TPSA) is 38.1 Å². The number of benzene rings is 1. The van der Waals surface area contributed by atoms with Crippen LogP contribution in [0, 0.1) is 12.7 Å². The van der Waals surface area contributed by atoms with E-state index in [0.717, 1.165) is 15.7 Å². The Morgan fingerprint density at radius 1 is 1.44 bits per heavy atom. The highest BCUT2D eigenvalue weighted by molar-refractivity contribution is 9.10. The zero-order valence-corrected chi connectivity index (χ0v) is 11.8. The molecule has 18 heavy (non-hydrogen) atoms. The number of aliphatic hydroxyl groups is 1. The monoisotopic (exact) mass is 312 g/mol. The number of halogens is 2. The second-order valence-electron chi connectivity index (χ2n) is 4.29. The van der Waals surface area contributed by atoms with Crippen LogP contribution in [0.4, 0.5) is 4.39 Å². The molecular formula is C13H14BrFN2O. The number of hydrogen-bond acceptors (Lipinski definition) is 2. The van der Waals surface area contributed by atoms with Crippen LogP contribution in [0.5, 0.6) is 0 Å². The zero-order chi connectivity index (χ0) is 13.3. The van der Waals surface area contributed by atoms with Crippen molar-refractivity contribution in [3.8, 4) is 0 Å². The van der Waals surface area contributed by atoms with Crippen molar-refractivity contribution in [2.45, 2.75) is 19.4 Å². The lowest BCUT2D eigenvalue weighted by molar-refractivity contribution is 0.172. The number of aryl methyl sites for hydroxylation is 2. The summed E-state index contributed by atoms with van der Waals surface area (Å²) in [6, 6.07) is 6.27. The van der Waals surface area contributed by atoms with Gasteiger partial charge in [-0.05, 0) is 36.8 Å². The maximum atomic E-state index is 13.1. The highest BCUT2D eigenvalue weighted by atomic mass is 79.9. The first-order chi connectivity index (χ1) is 8.47. The van der Waals surface area contributed by atoms with E-state index in [9.17, 15) is 9.50 Å². The molecule has 0 saturated carbocycles. The maximum absolute atomic E-state index is 13.1. The molecule has 0 fully saturated rings. The van der Waals surface area contributed by atoms with E-state index >= 15 is 0 Å². The van der Waals surface area contributed by atoms with Gasteiger partial charge in [0.1, 0.15) is 11.9 Å². The molecule has 1 atom stereocenters. The molecule has 1 aromatic carbocycles. The van der Waals surface area contributed by atoms with Crippen LogP contribution in [0.3, 0.4) is 0 Å². The Labute approximate surface area is 113 Å². The van der Waals surface area contributed by atoms with Crippen molar-refractivity contribution < 1.29 is 9.50 Å². The molecule has 3 nitrogen and oxygen atoms in total. The third-order valence-corrected chi connectivity index (χ3v) is 3.67. The quantitative estimate of drug-likeness (QED) is 0.946. The summed E-state index contributed by atoms with van der Waals surface area (Å²) in [5.41, 5.74) is 2.30. The van der Waals surface area contributed by atoms with Gasteiger partial charge in [-0.15, -0.1) is 0 Å². The summed E-state index contributed by atoms with van der Waals surface area (Å²) in [6.45, 7) is 1.92. The summed E-state index contributed by atoms with van der Waals surface area (Å²) < 4.78 is 15.6. The fourth-order valence-corrected chi connectivity index (χ4v) is 2.17. The fraction of sp³-hybridized carbons (Fsp3) is 0.308. The van der Waals surface area contributed by atoms with E-state index in [2.05, 4.69) is 21.0 Å². The zero-order valence-electron chi connectivity index (χ0n) is 10.2. The van der Waals surface area contributed by atoms with Crippen molar-refractivity contribution in [3.05, 3.63) is 51.5 Å². The van der Waals surface area contributed by atoms with Gasteiger partial charge in [-0.25, -0.2) is 4.39 Å². The summed E-state index contributed by atoms with van der Waals surface area (Å²) in [7, 11) is 1.82. The van der Waals surface area contributed by atoms with E-state index in [1.165, 1.54) is 12.1 Å². The van der Waals surface area contributed by atoms with Crippen molar-refractivity contribution in [2.24, 2.45) is 7.05 Å². The Hall–Kier alpha value is -1.20. The molecule has 1 aromatic heterocycles. The summed E-state index contributed by atoms with van der Waals surface area (Å²) in [6.07, 6.45) is -0.405. The standard InChI is InChI=1S/C13H14BrFN2O/c1-8-5-12(16-17(8)2)13(18)7-9-6-10(15)3-4-11(9)14/h3-6,13,18H,7H2,1-2H3. The summed E-state index contributed by atoms with van der Waals surface area (Å²) in [4.78, 5) is 0. The predicted octanol–water partition coefficient (Wildman–Crippen LogP) is 2.91. The Morgan fingerprint density at radius 2 is 2.17 bits per heavy atom. The maximum Gasteiger partial charge on any atom is 0.123 e. The van der Waals surface area contributed by atoms with Gasteiger partial charge in [-0.2, -0.15) is 5.10 Å². The van der Waals surface area contributed by atoms with Gasteiger partial charge in [-0.3, -0.25) is 4.68 Å². The highest BCUT2D eigenvalue weighted by Crippen LogP contribution is 2.24. The minimum absolute atomic E-state index is 0.308. The van der Waals surface area contributed by atoms with E-state index in [1.54, 1.807) is 10.7 Å². The van der Waals surface area contributed by atoms with E-state index < -0.39 is 6.10 Å². The molecular weight excluding hydrogens is 299 g/mol. The molecule has 0 spiro atoms. The van der Waals surface area contributed by atoms with Crippen molar-refractivity contribution in [1.82, 2.24) is 9.78 Å². The first kappa shape index (κ1) is 13.2. The van der Waals surface area contributed by atoms with Crippen molar-refractivity contribution in [2.75, 3.05) is 0 Å². The average Bonchev–Trinajstić information content (AvgIpc) is 2.64. The second-order valence-corrected chi connectivity index (χ2v) is 5.14. The predicted molar refractivity (Wildman–Crippen MR) is 70.7 cm³/mol. The van der Waals surface area contributed by atoms with Gasteiger partial charge in [0.25, 0.3) is 0 Å². The molecule has 0 radical (unpaired) electrons. The summed E-state index contributed by atoms with van der Waals surface area (Å²) >= 11 is 3.35. The van der Waals surface area contributed by atoms with Crippen molar-refractivity contribution in [1.29, 1.82) is 0 Å². The number of rotatable bonds is 3. The third kappa shape index (κ3) is 2.79. The van der Waals surface area contributed by atoms with Gasteiger partial charge in [0.05, 0.1) is 5.69 Å². The molecule has 0 aliphatic carbocycles. The molecule has 0 bridgehead atoms. The smallest absolute Gasteiger partial charge is 0.123 e. The van der Waals surface area contributed by atoms with Crippen LogP contribution in [-0.2, 0) is 13.5 Å². The van der Waals surface area contributed by atoms with Gasteiger partial charge in [0.2, 0.25) is 0 Å². The number of hydrogen-bond donors (Lipinski definition) is 1. The van der Waals surface area contributed by atoms with Crippen molar-refractivity contribution >= 4 is 15.9 Å². The van der Waals surface area contributed by atoms with E-state index in [1.807, 2.05) is 20.0 Å². The molecule has 2 aromatic rings. The lowest BCUT2D eigenvalue weighted by Crippen LogP contribution is -2.04. The average molecular weight is 313 g/mol. The lowest BCUT2D eigenvalue weighted by Gasteiger charge is -2.09. The minimum Gasteiger partial charge on any atom is -0.386 e. The fourth-order valence-electron chi connectivity index (χ4n) is 1.76. The molecule has 0 aliphatic rings. The molecule has 0 saturated heterocycles. The summed E-state index contributed by atoms with van der Waals surface area (Å²) in [5.74, 6) is -0.308. The van der Waals surface area contributed by atoms with E-state index in [-0.39, 0.29) is 5.82 Å². The molecule has 1 unspecified atom stereocenters. The van der Waals surface area contributed by atoms with Crippen molar-refractivity contribution in [3.63, 3.8) is 0 Å². The molecule has 5 heteroatoms. The Kier molecular flexibility index (Phi) is 3.82. The van der Waals surface area contributed by atoms with Gasteiger partial charge in [-0.1, -0.05) is 15.9 Å². The van der Waals surface area contributed by atoms with Gasteiger partial charge < -0.3 is 5.11 Å². The Balaban J connectivity index is 2.20. The van der Waals surface area contributed by atoms with Gasteiger partial charge >= 0.3 is 0 Å². The normalized spacial score (nSPS) is 12.7. The van der Waals surface area contributed by atoms with Crippen LogP contribution in [0.2, 0.25) is 0 Å². The van der Waals surface area contributed by atoms with Gasteiger partial charge in [0.15, 0.2) is 0 Å². The first-order valence-electron chi connectivity index (χ1n) is 5.60. The van der Waals surface area contributed by atoms with Crippen LogP contribution in [0.15, 0.2) is 28.7 Å². The molecule has 96 valence electrons. The van der Waals surface area contributed by atoms with Crippen LogP contribution in [0.25, 0.3) is 0 Å². The van der Waals surface area contributed by atoms with E-state index in [4.69, 9.17) is 0 Å². The van der Waals surface area contributed by atoms with Crippen LogP contribution in [-0.4, -0.2) is 14.9 Å². The molecule has 2 rings (SSSR count). The second kappa shape index (κ2) is 5.20. The molecule has 0 aliphatic heterocycles. The largest absolute Gasteiger partial charge is 0.386 e. The Bertz CT molecular complexity index is 549. The third-order valence-electron chi connectivity index (χ3n) is 2.90. The van der Waals surface area contributed by atoms with Crippen LogP contribution >= 0.6 is 15.9 Å². The Morgan fingerprint density at radius 3 is 2.78 bits per heavy atom. The number of aromatic nitrogens is 2. The lowest BCUT2D eigenvalue weighted by atomic mass is 10.1. The summed E-state index contributed by atoms with van der Waals surface area (Å²) in [5, 5.41) is 14.3. The molecule has 1 N–H and O–H groups in total. The van der Waals surface area contributed by atoms with Crippen LogP contribution in [0.1, 0.15) is 23.1 Å². The molecule has 1 heterocycles. The minimum atomic E-state index is -0.733. The highest BCUT2D eigenvalue weighted by Gasteiger charge is 2.15. The number of nitrogens with zero attached hydrogens (tertiary/aromatic N) is 2. The first-order valence-corrected chi connectivity index (χ1v) is 6.39. The molecule has 0 amide bonds. The van der Waals surface area contributed by atoms with Crippen LogP contribution < -0.4 is 0 Å².